The summed E-state index contributed by atoms with van der Waals surface area (Å²) in [5.74, 6) is 0. The monoisotopic (exact) mass is 274 g/mol. The normalized spacial score (nSPS) is 19.4. The third-order valence-electron chi connectivity index (χ3n) is 4.57. The number of rotatable bonds is 5. The number of nitrogens with one attached hydrogen (secondary N) is 1. The first-order valence-corrected chi connectivity index (χ1v) is 8.11. The van der Waals surface area contributed by atoms with Gasteiger partial charge in [-0.05, 0) is 71.2 Å². The van der Waals surface area contributed by atoms with Crippen molar-refractivity contribution in [3.63, 3.8) is 0 Å². The molecule has 1 unspecified atom stereocenters. The van der Waals surface area contributed by atoms with Crippen LogP contribution in [0.4, 0.5) is 0 Å². The Bertz CT molecular complexity index is 406. The van der Waals surface area contributed by atoms with Gasteiger partial charge in [-0.2, -0.15) is 0 Å². The van der Waals surface area contributed by atoms with Gasteiger partial charge < -0.3 is 10.2 Å². The van der Waals surface area contributed by atoms with Crippen LogP contribution in [0.2, 0.25) is 0 Å². The number of hydrogen-bond donors (Lipinski definition) is 1. The van der Waals surface area contributed by atoms with Crippen LogP contribution >= 0.6 is 0 Å². The van der Waals surface area contributed by atoms with Gasteiger partial charge in [0.05, 0.1) is 0 Å². The van der Waals surface area contributed by atoms with E-state index in [0.717, 1.165) is 6.42 Å². The highest BCUT2D eigenvalue weighted by molar-refractivity contribution is 5.26. The molecule has 0 radical (unpaired) electrons. The van der Waals surface area contributed by atoms with Crippen LogP contribution in [-0.4, -0.2) is 36.1 Å². The van der Waals surface area contributed by atoms with Crippen molar-refractivity contribution >= 4 is 0 Å². The minimum Gasteiger partial charge on any atom is -0.311 e. The third kappa shape index (κ3) is 4.32. The molecule has 1 aliphatic rings. The molecule has 0 amide bonds. The van der Waals surface area contributed by atoms with Crippen molar-refractivity contribution in [3.05, 3.63) is 35.4 Å². The Hall–Kier alpha value is -0.860. The summed E-state index contributed by atoms with van der Waals surface area (Å²) >= 11 is 0. The van der Waals surface area contributed by atoms with E-state index in [0.29, 0.717) is 18.1 Å². The highest BCUT2D eigenvalue weighted by Gasteiger charge is 2.21. The average Bonchev–Trinajstić information content (AvgIpc) is 2.42. The minimum atomic E-state index is 0.562. The van der Waals surface area contributed by atoms with Crippen molar-refractivity contribution in [1.29, 1.82) is 0 Å². The average molecular weight is 274 g/mol. The second-order valence-corrected chi connectivity index (χ2v) is 6.60. The van der Waals surface area contributed by atoms with E-state index >= 15 is 0 Å². The van der Waals surface area contributed by atoms with E-state index in [9.17, 15) is 0 Å². The van der Waals surface area contributed by atoms with Gasteiger partial charge in [-0.3, -0.25) is 0 Å². The fourth-order valence-corrected chi connectivity index (χ4v) is 3.21. The minimum absolute atomic E-state index is 0.562. The number of aryl methyl sites for hydroxylation is 1. The predicted octanol–water partition coefficient (Wildman–Crippen LogP) is 3.39. The van der Waals surface area contributed by atoms with Gasteiger partial charge in [-0.15, -0.1) is 0 Å². The quantitative estimate of drug-likeness (QED) is 0.885. The topological polar surface area (TPSA) is 15.3 Å². The Labute approximate surface area is 124 Å². The first-order valence-electron chi connectivity index (χ1n) is 8.11. The summed E-state index contributed by atoms with van der Waals surface area (Å²) < 4.78 is 0. The van der Waals surface area contributed by atoms with E-state index in [1.54, 1.807) is 0 Å². The summed E-state index contributed by atoms with van der Waals surface area (Å²) in [6, 6.07) is 10.7. The number of piperidine rings is 1. The molecule has 20 heavy (non-hydrogen) atoms. The lowest BCUT2D eigenvalue weighted by Gasteiger charge is -2.36. The van der Waals surface area contributed by atoms with Gasteiger partial charge in [0.1, 0.15) is 0 Å². The van der Waals surface area contributed by atoms with Crippen molar-refractivity contribution in [1.82, 2.24) is 10.2 Å². The van der Waals surface area contributed by atoms with E-state index in [1.165, 1.54) is 37.1 Å². The van der Waals surface area contributed by atoms with Crippen LogP contribution in [0.1, 0.15) is 44.7 Å². The lowest BCUT2D eigenvalue weighted by atomic mass is 9.99. The Morgan fingerprint density at radius 3 is 2.40 bits per heavy atom. The molecule has 0 spiro atoms. The molecule has 0 bridgehead atoms. The highest BCUT2D eigenvalue weighted by Crippen LogP contribution is 2.15. The molecule has 1 saturated heterocycles. The largest absolute Gasteiger partial charge is 0.311 e. The van der Waals surface area contributed by atoms with Crippen LogP contribution in [0.3, 0.4) is 0 Å². The van der Waals surface area contributed by atoms with Crippen LogP contribution in [0.5, 0.6) is 0 Å². The maximum Gasteiger partial charge on any atom is 0.00940 e. The maximum atomic E-state index is 3.83. The van der Waals surface area contributed by atoms with Gasteiger partial charge in [0.15, 0.2) is 0 Å². The summed E-state index contributed by atoms with van der Waals surface area (Å²) in [6.07, 6.45) is 3.71. The number of benzene rings is 1. The Kier molecular flexibility index (Phi) is 5.62. The van der Waals surface area contributed by atoms with Gasteiger partial charge in [-0.1, -0.05) is 24.3 Å². The molecule has 2 nitrogen and oxygen atoms in total. The molecule has 1 aliphatic heterocycles. The zero-order valence-electron chi connectivity index (χ0n) is 13.5. The lowest BCUT2D eigenvalue weighted by Crippen LogP contribution is -2.47. The second kappa shape index (κ2) is 7.24. The molecular formula is C18H30N2. The second-order valence-electron chi connectivity index (χ2n) is 6.60. The van der Waals surface area contributed by atoms with Gasteiger partial charge in [0.25, 0.3) is 0 Å². The molecule has 1 aromatic carbocycles. The summed E-state index contributed by atoms with van der Waals surface area (Å²) in [5.41, 5.74) is 2.89. The molecule has 1 N–H and O–H groups in total. The summed E-state index contributed by atoms with van der Waals surface area (Å²) in [6.45, 7) is 11.6. The molecule has 2 rings (SSSR count). The molecule has 0 aliphatic carbocycles. The smallest absolute Gasteiger partial charge is 0.00940 e. The van der Waals surface area contributed by atoms with E-state index in [2.05, 4.69) is 62.2 Å². The van der Waals surface area contributed by atoms with Gasteiger partial charge in [-0.25, -0.2) is 0 Å². The maximum absolute atomic E-state index is 3.83. The Morgan fingerprint density at radius 1 is 1.15 bits per heavy atom. The molecule has 0 saturated carbocycles. The Morgan fingerprint density at radius 2 is 1.80 bits per heavy atom. The summed E-state index contributed by atoms with van der Waals surface area (Å²) in [5, 5.41) is 3.83. The SMILES string of the molecule is Cc1ccccc1CC(C)NC1CCN(C(C)C)CC1. The first kappa shape index (κ1) is 15.5. The third-order valence-corrected chi connectivity index (χ3v) is 4.57. The van der Waals surface area contributed by atoms with Crippen molar-refractivity contribution in [2.75, 3.05) is 13.1 Å². The van der Waals surface area contributed by atoms with Crippen molar-refractivity contribution in [2.24, 2.45) is 0 Å². The first-order chi connectivity index (χ1) is 9.56. The fraction of sp³-hybridized carbons (Fsp3) is 0.667. The van der Waals surface area contributed by atoms with E-state index < -0.39 is 0 Å². The highest BCUT2D eigenvalue weighted by atomic mass is 15.2. The molecule has 112 valence electrons. The number of hydrogen-bond acceptors (Lipinski definition) is 2. The zero-order valence-corrected chi connectivity index (χ0v) is 13.5. The molecule has 1 fully saturated rings. The number of likely N-dealkylation sites (tertiary alicyclic amines) is 1. The van der Waals surface area contributed by atoms with Crippen molar-refractivity contribution < 1.29 is 0 Å². The van der Waals surface area contributed by atoms with Crippen LogP contribution in [-0.2, 0) is 6.42 Å². The summed E-state index contributed by atoms with van der Waals surface area (Å²) in [4.78, 5) is 2.59. The Balaban J connectivity index is 1.78. The van der Waals surface area contributed by atoms with Gasteiger partial charge in [0.2, 0.25) is 0 Å². The molecule has 1 atom stereocenters. The van der Waals surface area contributed by atoms with E-state index in [-0.39, 0.29) is 0 Å². The van der Waals surface area contributed by atoms with Crippen molar-refractivity contribution in [2.45, 2.75) is 65.1 Å². The molecule has 1 aromatic rings. The van der Waals surface area contributed by atoms with Gasteiger partial charge in [0, 0.05) is 18.1 Å². The lowest BCUT2D eigenvalue weighted by molar-refractivity contribution is 0.157. The van der Waals surface area contributed by atoms with Crippen LogP contribution < -0.4 is 5.32 Å². The fourth-order valence-electron chi connectivity index (χ4n) is 3.21. The van der Waals surface area contributed by atoms with Gasteiger partial charge >= 0.3 is 0 Å². The van der Waals surface area contributed by atoms with Crippen LogP contribution in [0.15, 0.2) is 24.3 Å². The molecule has 2 heteroatoms. The van der Waals surface area contributed by atoms with E-state index in [1.807, 2.05) is 0 Å². The predicted molar refractivity (Wildman–Crippen MR) is 87.2 cm³/mol. The van der Waals surface area contributed by atoms with Crippen LogP contribution in [0, 0.1) is 6.92 Å². The molecule has 0 aromatic heterocycles. The standard InChI is InChI=1S/C18H30N2/c1-14(2)20-11-9-18(10-12-20)19-16(4)13-17-8-6-5-7-15(17)3/h5-8,14,16,18-19H,9-13H2,1-4H3. The summed E-state index contributed by atoms with van der Waals surface area (Å²) in [7, 11) is 0. The molecule has 1 heterocycles. The van der Waals surface area contributed by atoms with E-state index in [4.69, 9.17) is 0 Å². The molecular weight excluding hydrogens is 244 g/mol. The zero-order chi connectivity index (χ0) is 14.5. The van der Waals surface area contributed by atoms with Crippen molar-refractivity contribution in [3.8, 4) is 0 Å². The van der Waals surface area contributed by atoms with Crippen LogP contribution in [0.25, 0.3) is 0 Å². The number of nitrogens with zero attached hydrogens (tertiary/aromatic N) is 1.